The summed E-state index contributed by atoms with van der Waals surface area (Å²) >= 11 is 0. The molecule has 0 saturated carbocycles. The van der Waals surface area contributed by atoms with Crippen molar-refractivity contribution in [1.29, 1.82) is 0 Å². The highest BCUT2D eigenvalue weighted by molar-refractivity contribution is 6.07. The number of hydrogen-bond donors (Lipinski definition) is 1. The van der Waals surface area contributed by atoms with Crippen LogP contribution in [0.15, 0.2) is 85.2 Å². The fourth-order valence-electron chi connectivity index (χ4n) is 3.25. The number of aromatic nitrogens is 1. The van der Waals surface area contributed by atoms with Crippen molar-refractivity contribution in [3.05, 3.63) is 102 Å². The van der Waals surface area contributed by atoms with E-state index in [0.717, 1.165) is 10.9 Å². The number of aryl methyl sites for hydroxylation is 1. The fraction of sp³-hybridized carbons (Fsp3) is 0.0800. The van der Waals surface area contributed by atoms with Crippen LogP contribution in [-0.2, 0) is 0 Å². The van der Waals surface area contributed by atoms with Crippen molar-refractivity contribution in [2.24, 2.45) is 0 Å². The van der Waals surface area contributed by atoms with Crippen LogP contribution >= 0.6 is 0 Å². The number of amides is 2. The Hall–Kier alpha value is -4.19. The summed E-state index contributed by atoms with van der Waals surface area (Å²) in [5.74, 6) is 0.283. The molecule has 31 heavy (non-hydrogen) atoms. The lowest BCUT2D eigenvalue weighted by Gasteiger charge is -2.13. The summed E-state index contributed by atoms with van der Waals surface area (Å²) in [6.07, 6.45) is 10.7. The van der Waals surface area contributed by atoms with Crippen LogP contribution in [-0.4, -0.2) is 28.8 Å². The minimum absolute atomic E-state index is 0.155. The number of rotatable bonds is 4. The second-order valence-corrected chi connectivity index (χ2v) is 6.99. The highest BCUT2D eigenvalue weighted by atomic mass is 16.5. The Morgan fingerprint density at radius 2 is 1.65 bits per heavy atom. The van der Waals surface area contributed by atoms with E-state index in [2.05, 4.69) is 10.3 Å². The molecule has 1 N–H and O–H groups in total. The summed E-state index contributed by atoms with van der Waals surface area (Å²) in [6.45, 7) is 1.80. The number of fused-ring (bicyclic) bond motifs is 1. The van der Waals surface area contributed by atoms with Gasteiger partial charge < -0.3 is 10.1 Å². The van der Waals surface area contributed by atoms with E-state index in [1.54, 1.807) is 68.9 Å². The first kappa shape index (κ1) is 20.1. The van der Waals surface area contributed by atoms with Gasteiger partial charge in [-0.3, -0.25) is 19.5 Å². The second kappa shape index (κ2) is 8.67. The summed E-state index contributed by atoms with van der Waals surface area (Å²) in [6, 6.07) is 14.2. The van der Waals surface area contributed by atoms with Gasteiger partial charge in [-0.2, -0.15) is 0 Å². The van der Waals surface area contributed by atoms with Crippen molar-refractivity contribution < 1.29 is 14.3 Å². The van der Waals surface area contributed by atoms with E-state index in [-0.39, 0.29) is 11.8 Å². The van der Waals surface area contributed by atoms with Gasteiger partial charge in [-0.25, -0.2) is 0 Å². The van der Waals surface area contributed by atoms with Crippen LogP contribution in [0.3, 0.4) is 0 Å². The molecule has 2 heterocycles. The normalized spacial score (nSPS) is 12.6. The van der Waals surface area contributed by atoms with Gasteiger partial charge in [0.1, 0.15) is 5.75 Å². The molecule has 1 aliphatic heterocycles. The third kappa shape index (κ3) is 4.38. The molecule has 6 nitrogen and oxygen atoms in total. The maximum atomic E-state index is 12.9. The summed E-state index contributed by atoms with van der Waals surface area (Å²) in [5, 5.41) is 3.70. The highest BCUT2D eigenvalue weighted by Crippen LogP contribution is 2.23. The van der Waals surface area contributed by atoms with Gasteiger partial charge in [-0.05, 0) is 67.6 Å². The van der Waals surface area contributed by atoms with E-state index < -0.39 is 0 Å². The number of benzene rings is 2. The minimum Gasteiger partial charge on any atom is -0.497 e. The molecule has 3 aromatic rings. The Balaban J connectivity index is 1.52. The third-order valence-electron chi connectivity index (χ3n) is 4.91. The van der Waals surface area contributed by atoms with E-state index in [1.165, 1.54) is 4.90 Å². The first-order chi connectivity index (χ1) is 15.0. The summed E-state index contributed by atoms with van der Waals surface area (Å²) in [4.78, 5) is 31.5. The van der Waals surface area contributed by atoms with Gasteiger partial charge in [0.2, 0.25) is 0 Å². The molecule has 154 valence electrons. The molecular weight excluding hydrogens is 390 g/mol. The molecule has 2 aromatic carbocycles. The molecule has 4 rings (SSSR count). The van der Waals surface area contributed by atoms with Crippen LogP contribution in [0, 0.1) is 6.92 Å². The molecule has 0 atom stereocenters. The average molecular weight is 411 g/mol. The Morgan fingerprint density at radius 3 is 2.32 bits per heavy atom. The molecule has 1 aromatic heterocycles. The predicted octanol–water partition coefficient (Wildman–Crippen LogP) is 4.84. The lowest BCUT2D eigenvalue weighted by molar-refractivity contribution is 0.0869. The third-order valence-corrected chi connectivity index (χ3v) is 4.91. The largest absolute Gasteiger partial charge is 0.497 e. The maximum absolute atomic E-state index is 12.9. The van der Waals surface area contributed by atoms with Crippen molar-refractivity contribution >= 4 is 28.4 Å². The molecule has 1 aliphatic rings. The number of anilines is 1. The molecule has 0 fully saturated rings. The van der Waals surface area contributed by atoms with Crippen molar-refractivity contribution in [3.63, 3.8) is 0 Å². The van der Waals surface area contributed by atoms with E-state index >= 15 is 0 Å². The molecule has 0 bridgehead atoms. The topological polar surface area (TPSA) is 71.5 Å². The molecule has 6 heteroatoms. The number of nitrogens with zero attached hydrogens (tertiary/aromatic N) is 2. The molecule has 0 spiro atoms. The number of pyridine rings is 1. The second-order valence-electron chi connectivity index (χ2n) is 6.99. The number of methoxy groups -OCH3 is 1. The SMILES string of the molecule is COc1ccc2nc(C)c(C(=O)Nc3ccc(C(=O)N4C=CC=CC=C4)cc3)cc2c1. The zero-order chi connectivity index (χ0) is 21.8. The highest BCUT2D eigenvalue weighted by Gasteiger charge is 2.14. The van der Waals surface area contributed by atoms with Gasteiger partial charge in [0.05, 0.1) is 23.9 Å². The van der Waals surface area contributed by atoms with Crippen molar-refractivity contribution in [3.8, 4) is 5.75 Å². The van der Waals surface area contributed by atoms with Crippen LogP contribution < -0.4 is 10.1 Å². The summed E-state index contributed by atoms with van der Waals surface area (Å²) in [7, 11) is 1.60. The molecule has 0 radical (unpaired) electrons. The lowest BCUT2D eigenvalue weighted by Crippen LogP contribution is -2.19. The molecule has 0 saturated heterocycles. The van der Waals surface area contributed by atoms with Gasteiger partial charge in [-0.15, -0.1) is 0 Å². The van der Waals surface area contributed by atoms with Crippen LogP contribution in [0.4, 0.5) is 5.69 Å². The van der Waals surface area contributed by atoms with Crippen molar-refractivity contribution in [1.82, 2.24) is 9.88 Å². The summed E-state index contributed by atoms with van der Waals surface area (Å²) in [5.41, 5.74) is 3.02. The number of carbonyl (C=O) groups excluding carboxylic acids is 2. The van der Waals surface area contributed by atoms with Gasteiger partial charge in [0.15, 0.2) is 0 Å². The fourth-order valence-corrected chi connectivity index (χ4v) is 3.25. The quantitative estimate of drug-likeness (QED) is 0.667. The van der Waals surface area contributed by atoms with Gasteiger partial charge in [0, 0.05) is 29.0 Å². The summed E-state index contributed by atoms with van der Waals surface area (Å²) < 4.78 is 5.26. The van der Waals surface area contributed by atoms with Crippen LogP contribution in [0.1, 0.15) is 26.4 Å². The first-order valence-electron chi connectivity index (χ1n) is 9.76. The monoisotopic (exact) mass is 411 g/mol. The van der Waals surface area contributed by atoms with Crippen molar-refractivity contribution in [2.45, 2.75) is 6.92 Å². The minimum atomic E-state index is -0.266. The molecule has 0 aliphatic carbocycles. The standard InChI is InChI=1S/C25H21N3O3/c1-17-22(16-19-15-21(31-2)11-12-23(19)26-17)24(29)27-20-9-7-18(8-10-20)25(30)28-13-5-3-4-6-14-28/h3-16H,1-2H3,(H,27,29). The smallest absolute Gasteiger partial charge is 0.261 e. The lowest BCUT2D eigenvalue weighted by atomic mass is 10.1. The number of allylic oxidation sites excluding steroid dienone is 4. The van der Waals surface area contributed by atoms with E-state index in [9.17, 15) is 9.59 Å². The van der Waals surface area contributed by atoms with Crippen LogP contribution in [0.2, 0.25) is 0 Å². The van der Waals surface area contributed by atoms with Gasteiger partial charge >= 0.3 is 0 Å². The van der Waals surface area contributed by atoms with E-state index in [0.29, 0.717) is 28.3 Å². The van der Waals surface area contributed by atoms with Gasteiger partial charge in [-0.1, -0.05) is 12.2 Å². The zero-order valence-corrected chi connectivity index (χ0v) is 17.2. The van der Waals surface area contributed by atoms with Crippen molar-refractivity contribution in [2.75, 3.05) is 12.4 Å². The Kier molecular flexibility index (Phi) is 5.62. The Morgan fingerprint density at radius 1 is 0.935 bits per heavy atom. The number of nitrogens with one attached hydrogen (secondary N) is 1. The number of hydrogen-bond acceptors (Lipinski definition) is 4. The number of carbonyl (C=O) groups is 2. The Bertz CT molecular complexity index is 1220. The first-order valence-corrected chi connectivity index (χ1v) is 9.76. The van der Waals surface area contributed by atoms with Crippen LogP contribution in [0.25, 0.3) is 10.9 Å². The van der Waals surface area contributed by atoms with Crippen LogP contribution in [0.5, 0.6) is 5.75 Å². The Labute approximate surface area is 180 Å². The van der Waals surface area contributed by atoms with E-state index in [4.69, 9.17) is 4.74 Å². The van der Waals surface area contributed by atoms with E-state index in [1.807, 2.05) is 30.4 Å². The predicted molar refractivity (Wildman–Crippen MR) is 121 cm³/mol. The van der Waals surface area contributed by atoms with Gasteiger partial charge in [0.25, 0.3) is 11.8 Å². The number of ether oxygens (including phenoxy) is 1. The zero-order valence-electron chi connectivity index (χ0n) is 17.2. The molecular formula is C25H21N3O3. The maximum Gasteiger partial charge on any atom is 0.261 e. The average Bonchev–Trinajstić information content (AvgIpc) is 3.08. The molecule has 2 amide bonds. The molecule has 0 unspecified atom stereocenters.